The highest BCUT2D eigenvalue weighted by molar-refractivity contribution is 6.17. The molecule has 0 amide bonds. The van der Waals surface area contributed by atoms with Crippen LogP contribution < -0.4 is 9.47 Å². The zero-order chi connectivity index (χ0) is 23.8. The molecule has 178 valence electrons. The van der Waals surface area contributed by atoms with Crippen LogP contribution in [0.5, 0.6) is 11.5 Å². The first kappa shape index (κ1) is 25.0. The summed E-state index contributed by atoms with van der Waals surface area (Å²) < 4.78 is 12.9. The van der Waals surface area contributed by atoms with Crippen molar-refractivity contribution in [2.24, 2.45) is 0 Å². The Morgan fingerprint density at radius 2 is 1.58 bits per heavy atom. The summed E-state index contributed by atoms with van der Waals surface area (Å²) >= 11 is 5.70. The van der Waals surface area contributed by atoms with Crippen LogP contribution in [-0.2, 0) is 18.6 Å². The van der Waals surface area contributed by atoms with Gasteiger partial charge in [0.2, 0.25) is 0 Å². The molecule has 0 saturated heterocycles. The Hall–Kier alpha value is -2.61. The van der Waals surface area contributed by atoms with Gasteiger partial charge in [0.15, 0.2) is 0 Å². The molecule has 8 heteroatoms. The van der Waals surface area contributed by atoms with Crippen LogP contribution in [0.1, 0.15) is 42.8 Å². The van der Waals surface area contributed by atoms with Crippen molar-refractivity contribution < 1.29 is 19.7 Å². The van der Waals surface area contributed by atoms with Gasteiger partial charge in [-0.1, -0.05) is 43.3 Å². The Morgan fingerprint density at radius 3 is 2.12 bits per heavy atom. The van der Waals surface area contributed by atoms with Crippen LogP contribution in [0.3, 0.4) is 0 Å². The lowest BCUT2D eigenvalue weighted by molar-refractivity contribution is 0.0866. The number of hydrogen-bond acceptors (Lipinski definition) is 6. The average Bonchev–Trinajstić information content (AvgIpc) is 3.17. The number of benzene rings is 2. The average molecular weight is 474 g/mol. The number of aryl methyl sites for hydroxylation is 1. The lowest BCUT2D eigenvalue weighted by atomic mass is 9.78. The number of aromatic nitrogens is 3. The van der Waals surface area contributed by atoms with Gasteiger partial charge in [0.25, 0.3) is 0 Å². The normalized spacial score (nSPS) is 12.5. The molecule has 0 aliphatic rings. The molecule has 0 radical (unpaired) electrons. The zero-order valence-electron chi connectivity index (χ0n) is 19.4. The molecule has 0 aliphatic heterocycles. The summed E-state index contributed by atoms with van der Waals surface area (Å²) in [6.07, 6.45) is 0.0436. The van der Waals surface area contributed by atoms with Gasteiger partial charge in [-0.25, -0.2) is 4.68 Å². The van der Waals surface area contributed by atoms with Crippen molar-refractivity contribution in [3.63, 3.8) is 0 Å². The van der Waals surface area contributed by atoms with Gasteiger partial charge >= 0.3 is 0 Å². The molecule has 0 saturated carbocycles. The molecule has 0 unspecified atom stereocenters. The van der Waals surface area contributed by atoms with Gasteiger partial charge in [-0.05, 0) is 48.7 Å². The van der Waals surface area contributed by atoms with Crippen LogP contribution >= 0.6 is 11.6 Å². The summed E-state index contributed by atoms with van der Waals surface area (Å²) in [5.74, 6) is 2.11. The second kappa shape index (κ2) is 11.5. The van der Waals surface area contributed by atoms with Crippen molar-refractivity contribution in [1.82, 2.24) is 15.0 Å². The number of rotatable bonds is 12. The minimum Gasteiger partial charge on any atom is -0.494 e. The number of alkyl halides is 1. The van der Waals surface area contributed by atoms with Crippen LogP contribution in [0, 0.1) is 6.92 Å². The summed E-state index contributed by atoms with van der Waals surface area (Å²) in [4.78, 5) is 0. The van der Waals surface area contributed by atoms with Crippen LogP contribution in [-0.4, -0.2) is 50.4 Å². The third-order valence-corrected chi connectivity index (χ3v) is 5.97. The molecule has 0 bridgehead atoms. The van der Waals surface area contributed by atoms with E-state index < -0.39 is 6.10 Å². The predicted octanol–water partition coefficient (Wildman–Crippen LogP) is 3.85. The van der Waals surface area contributed by atoms with Gasteiger partial charge in [0, 0.05) is 11.3 Å². The van der Waals surface area contributed by atoms with Crippen molar-refractivity contribution in [1.29, 1.82) is 0 Å². The molecule has 2 aromatic carbocycles. The molecular formula is C25H32ClN3O4. The maximum Gasteiger partial charge on any atom is 0.119 e. The third kappa shape index (κ3) is 6.47. The molecule has 0 spiro atoms. The van der Waals surface area contributed by atoms with Gasteiger partial charge < -0.3 is 19.7 Å². The number of hydrogen-bond donors (Lipinski definition) is 2. The first-order valence-corrected chi connectivity index (χ1v) is 11.6. The van der Waals surface area contributed by atoms with Crippen LogP contribution in [0.25, 0.3) is 0 Å². The Kier molecular flexibility index (Phi) is 8.72. The Labute approximate surface area is 199 Å². The van der Waals surface area contributed by atoms with E-state index in [0.29, 0.717) is 29.6 Å². The number of ether oxygens (including phenoxy) is 2. The van der Waals surface area contributed by atoms with E-state index in [9.17, 15) is 10.2 Å². The fourth-order valence-electron chi connectivity index (χ4n) is 3.55. The van der Waals surface area contributed by atoms with Crippen LogP contribution in [0.2, 0.25) is 0 Å². The van der Waals surface area contributed by atoms with Crippen molar-refractivity contribution in [3.8, 4) is 11.5 Å². The lowest BCUT2D eigenvalue weighted by Gasteiger charge is -2.26. The van der Waals surface area contributed by atoms with E-state index in [1.165, 1.54) is 10.2 Å². The summed E-state index contributed by atoms with van der Waals surface area (Å²) in [6, 6.07) is 16.0. The summed E-state index contributed by atoms with van der Waals surface area (Å²) in [7, 11) is 0. The van der Waals surface area contributed by atoms with E-state index in [0.717, 1.165) is 17.7 Å². The maximum absolute atomic E-state index is 10.3. The van der Waals surface area contributed by atoms with Crippen molar-refractivity contribution in [2.45, 2.75) is 51.9 Å². The molecule has 3 aromatic rings. The van der Waals surface area contributed by atoms with E-state index in [2.05, 4.69) is 36.3 Å². The minimum atomic E-state index is -0.780. The second-order valence-corrected chi connectivity index (χ2v) is 8.87. The highest BCUT2D eigenvalue weighted by Crippen LogP contribution is 2.33. The molecule has 0 aliphatic carbocycles. The van der Waals surface area contributed by atoms with Crippen molar-refractivity contribution >= 4 is 11.6 Å². The number of halogens is 1. The first-order chi connectivity index (χ1) is 15.8. The topological polar surface area (TPSA) is 89.6 Å². The minimum absolute atomic E-state index is 0.109. The summed E-state index contributed by atoms with van der Waals surface area (Å²) in [5, 5.41) is 27.6. The lowest BCUT2D eigenvalue weighted by Crippen LogP contribution is -2.25. The SMILES string of the molecule is Cc1nnn(C[C@@H](O)COc2ccc(C(C)(C)c3ccc(OCCCCl)cc3)cc2)c1CO. The van der Waals surface area contributed by atoms with Gasteiger partial charge in [-0.3, -0.25) is 0 Å². The first-order valence-electron chi connectivity index (χ1n) is 11.1. The Balaban J connectivity index is 1.57. The predicted molar refractivity (Wildman–Crippen MR) is 128 cm³/mol. The largest absolute Gasteiger partial charge is 0.494 e. The molecule has 1 aromatic heterocycles. The number of aliphatic hydroxyl groups is 2. The van der Waals surface area contributed by atoms with E-state index >= 15 is 0 Å². The fourth-order valence-corrected chi connectivity index (χ4v) is 3.66. The molecule has 2 N–H and O–H groups in total. The van der Waals surface area contributed by atoms with Gasteiger partial charge in [0.05, 0.1) is 31.1 Å². The molecular weight excluding hydrogens is 442 g/mol. The van der Waals surface area contributed by atoms with Gasteiger partial charge in [-0.2, -0.15) is 0 Å². The molecule has 3 rings (SSSR count). The van der Waals surface area contributed by atoms with E-state index in [1.807, 2.05) is 36.4 Å². The van der Waals surface area contributed by atoms with E-state index in [-0.39, 0.29) is 25.2 Å². The molecule has 7 nitrogen and oxygen atoms in total. The van der Waals surface area contributed by atoms with Crippen molar-refractivity contribution in [2.75, 3.05) is 19.1 Å². The third-order valence-electron chi connectivity index (χ3n) is 5.71. The molecule has 1 heterocycles. The molecule has 33 heavy (non-hydrogen) atoms. The van der Waals surface area contributed by atoms with Crippen LogP contribution in [0.15, 0.2) is 48.5 Å². The van der Waals surface area contributed by atoms with E-state index in [4.69, 9.17) is 21.1 Å². The van der Waals surface area contributed by atoms with Crippen molar-refractivity contribution in [3.05, 3.63) is 71.0 Å². The standard InChI is InChI=1S/C25H32ClN3O4/c1-18-24(16-30)29(28-27-18)15-21(31)17-33-23-11-7-20(8-12-23)25(2,3)19-5-9-22(10-6-19)32-14-4-13-26/h5-12,21,30-31H,4,13-17H2,1-3H3/t21-/m1/s1. The quantitative estimate of drug-likeness (QED) is 0.307. The smallest absolute Gasteiger partial charge is 0.119 e. The fraction of sp³-hybridized carbons (Fsp3) is 0.440. The highest BCUT2D eigenvalue weighted by atomic mass is 35.5. The molecule has 1 atom stereocenters. The van der Waals surface area contributed by atoms with Gasteiger partial charge in [-0.15, -0.1) is 16.7 Å². The number of nitrogens with zero attached hydrogens (tertiary/aromatic N) is 3. The van der Waals surface area contributed by atoms with Gasteiger partial charge in [0.1, 0.15) is 24.2 Å². The maximum atomic E-state index is 10.3. The summed E-state index contributed by atoms with van der Waals surface area (Å²) in [5.41, 5.74) is 3.38. The Bertz CT molecular complexity index is 1000. The summed E-state index contributed by atoms with van der Waals surface area (Å²) in [6.45, 7) is 6.87. The van der Waals surface area contributed by atoms with Crippen LogP contribution in [0.4, 0.5) is 0 Å². The monoisotopic (exact) mass is 473 g/mol. The molecule has 0 fully saturated rings. The number of aliphatic hydroxyl groups excluding tert-OH is 2. The highest BCUT2D eigenvalue weighted by Gasteiger charge is 2.23. The zero-order valence-corrected chi connectivity index (χ0v) is 20.1. The second-order valence-electron chi connectivity index (χ2n) is 8.49. The van der Waals surface area contributed by atoms with E-state index in [1.54, 1.807) is 6.92 Å². The Morgan fingerprint density at radius 1 is 1.00 bits per heavy atom.